The zero-order chi connectivity index (χ0) is 17.3. The summed E-state index contributed by atoms with van der Waals surface area (Å²) in [6.07, 6.45) is 6.50. The van der Waals surface area contributed by atoms with Crippen molar-refractivity contribution in [2.75, 3.05) is 18.0 Å². The Labute approximate surface area is 145 Å². The number of aliphatic hydroxyl groups is 1. The lowest BCUT2D eigenvalue weighted by Crippen LogP contribution is -2.51. The van der Waals surface area contributed by atoms with Gasteiger partial charge in [-0.25, -0.2) is 4.68 Å². The van der Waals surface area contributed by atoms with Gasteiger partial charge in [-0.1, -0.05) is 23.4 Å². The van der Waals surface area contributed by atoms with Gasteiger partial charge < -0.3 is 10.0 Å². The number of benzene rings is 1. The van der Waals surface area contributed by atoms with Crippen molar-refractivity contribution < 1.29 is 5.11 Å². The van der Waals surface area contributed by atoms with E-state index in [1.807, 2.05) is 24.3 Å². The molecule has 0 spiro atoms. The van der Waals surface area contributed by atoms with Crippen molar-refractivity contribution in [3.8, 4) is 6.07 Å². The number of fused-ring (bicyclic) bond motifs is 1. The van der Waals surface area contributed by atoms with Gasteiger partial charge in [0.15, 0.2) is 0 Å². The third-order valence-corrected chi connectivity index (χ3v) is 4.67. The molecule has 2 aromatic heterocycles. The van der Waals surface area contributed by atoms with Crippen LogP contribution in [0.4, 0.5) is 5.69 Å². The number of hydrogen-bond donors (Lipinski definition) is 1. The fourth-order valence-corrected chi connectivity index (χ4v) is 3.60. The fraction of sp³-hybridized carbons (Fsp3) is 0.333. The van der Waals surface area contributed by atoms with E-state index >= 15 is 0 Å². The first-order valence-corrected chi connectivity index (χ1v) is 8.28. The number of para-hydroxylation sites is 1. The smallest absolute Gasteiger partial charge is 0.103 e. The predicted octanol–water partition coefficient (Wildman–Crippen LogP) is 1.73. The molecular formula is C18H18N6O. The molecule has 0 aliphatic carbocycles. The van der Waals surface area contributed by atoms with E-state index in [1.165, 1.54) is 0 Å². The summed E-state index contributed by atoms with van der Waals surface area (Å²) in [4.78, 5) is 6.47. The summed E-state index contributed by atoms with van der Waals surface area (Å²) in [5.74, 6) is 0. The molecule has 0 radical (unpaired) electrons. The molecule has 3 aromatic rings. The Balaban J connectivity index is 1.72. The lowest BCUT2D eigenvalue weighted by Gasteiger charge is -2.40. The van der Waals surface area contributed by atoms with Crippen LogP contribution < -0.4 is 4.90 Å². The van der Waals surface area contributed by atoms with Gasteiger partial charge in [0, 0.05) is 30.9 Å². The summed E-state index contributed by atoms with van der Waals surface area (Å²) < 4.78 is 1.65. The van der Waals surface area contributed by atoms with Crippen LogP contribution >= 0.6 is 0 Å². The molecule has 4 rings (SSSR count). The molecule has 126 valence electrons. The maximum atomic E-state index is 11.1. The number of anilines is 1. The highest BCUT2D eigenvalue weighted by atomic mass is 16.3. The van der Waals surface area contributed by atoms with Crippen LogP contribution in [-0.2, 0) is 6.54 Å². The van der Waals surface area contributed by atoms with Gasteiger partial charge in [0.25, 0.3) is 0 Å². The predicted molar refractivity (Wildman–Crippen MR) is 92.9 cm³/mol. The van der Waals surface area contributed by atoms with E-state index in [1.54, 1.807) is 23.3 Å². The molecular weight excluding hydrogens is 316 g/mol. The van der Waals surface area contributed by atoms with Crippen LogP contribution in [0.3, 0.4) is 0 Å². The lowest BCUT2D eigenvalue weighted by molar-refractivity contribution is 0.00609. The first-order chi connectivity index (χ1) is 12.2. The number of hydrogen-bond acceptors (Lipinski definition) is 6. The van der Waals surface area contributed by atoms with Crippen LogP contribution in [-0.4, -0.2) is 43.8 Å². The van der Waals surface area contributed by atoms with Crippen molar-refractivity contribution >= 4 is 16.6 Å². The highest BCUT2D eigenvalue weighted by Crippen LogP contribution is 2.34. The average molecular weight is 334 g/mol. The summed E-state index contributed by atoms with van der Waals surface area (Å²) in [7, 11) is 0. The summed E-state index contributed by atoms with van der Waals surface area (Å²) in [6, 6.07) is 10.0. The molecule has 0 saturated carbocycles. The first kappa shape index (κ1) is 15.5. The van der Waals surface area contributed by atoms with Gasteiger partial charge in [0.05, 0.1) is 29.5 Å². The molecule has 1 saturated heterocycles. The molecule has 1 fully saturated rings. The molecule has 0 bridgehead atoms. The van der Waals surface area contributed by atoms with E-state index in [0.29, 0.717) is 25.1 Å². The molecule has 7 nitrogen and oxygen atoms in total. The van der Waals surface area contributed by atoms with Gasteiger partial charge in [-0.3, -0.25) is 4.98 Å². The third kappa shape index (κ3) is 2.92. The van der Waals surface area contributed by atoms with Crippen molar-refractivity contribution in [3.05, 3.63) is 48.4 Å². The Hall–Kier alpha value is -2.98. The molecule has 1 N–H and O–H groups in total. The van der Waals surface area contributed by atoms with E-state index in [9.17, 15) is 10.4 Å². The van der Waals surface area contributed by atoms with Crippen LogP contribution in [0.25, 0.3) is 10.9 Å². The Kier molecular flexibility index (Phi) is 3.82. The first-order valence-electron chi connectivity index (χ1n) is 8.28. The minimum absolute atomic E-state index is 0.383. The van der Waals surface area contributed by atoms with Crippen molar-refractivity contribution in [3.63, 3.8) is 0 Å². The Morgan fingerprint density at radius 2 is 2.20 bits per heavy atom. The van der Waals surface area contributed by atoms with Crippen molar-refractivity contribution in [2.24, 2.45) is 0 Å². The third-order valence-electron chi connectivity index (χ3n) is 4.67. The van der Waals surface area contributed by atoms with Gasteiger partial charge in [-0.15, -0.1) is 5.10 Å². The largest absolute Gasteiger partial charge is 0.386 e. The summed E-state index contributed by atoms with van der Waals surface area (Å²) >= 11 is 0. The van der Waals surface area contributed by atoms with E-state index < -0.39 is 5.60 Å². The second-order valence-electron chi connectivity index (χ2n) is 6.50. The van der Waals surface area contributed by atoms with Gasteiger partial charge in [0.2, 0.25) is 0 Å². The second-order valence-corrected chi connectivity index (χ2v) is 6.50. The summed E-state index contributed by atoms with van der Waals surface area (Å²) in [5.41, 5.74) is 1.32. The number of pyridine rings is 1. The average Bonchev–Trinajstić information content (AvgIpc) is 3.13. The van der Waals surface area contributed by atoms with Gasteiger partial charge in [0.1, 0.15) is 11.7 Å². The molecule has 0 amide bonds. The highest BCUT2D eigenvalue weighted by Gasteiger charge is 2.35. The Morgan fingerprint density at radius 1 is 1.32 bits per heavy atom. The quantitative estimate of drug-likeness (QED) is 0.784. The van der Waals surface area contributed by atoms with Crippen LogP contribution in [0.2, 0.25) is 0 Å². The standard InChI is InChI=1S/C18H18N6O/c19-10-14-11-20-16-5-2-1-4-15(16)17(14)23-8-3-6-18(25,12-23)13-24-9-7-21-22-24/h1-2,4-5,7,9,11,25H,3,6,8,12-13H2. The van der Waals surface area contributed by atoms with Crippen molar-refractivity contribution in [2.45, 2.75) is 25.0 Å². The highest BCUT2D eigenvalue weighted by molar-refractivity contribution is 5.94. The minimum atomic E-state index is -0.914. The minimum Gasteiger partial charge on any atom is -0.386 e. The summed E-state index contributed by atoms with van der Waals surface area (Å²) in [6.45, 7) is 1.62. The number of piperidine rings is 1. The maximum Gasteiger partial charge on any atom is 0.103 e. The zero-order valence-electron chi connectivity index (χ0n) is 13.7. The summed E-state index contributed by atoms with van der Waals surface area (Å²) in [5, 5.41) is 29.3. The Morgan fingerprint density at radius 3 is 3.00 bits per heavy atom. The molecule has 1 unspecified atom stereocenters. The van der Waals surface area contributed by atoms with Gasteiger partial charge >= 0.3 is 0 Å². The molecule has 1 atom stereocenters. The topological polar surface area (TPSA) is 90.9 Å². The SMILES string of the molecule is N#Cc1cnc2ccccc2c1N1CCCC(O)(Cn2ccnn2)C1. The second kappa shape index (κ2) is 6.15. The van der Waals surface area contributed by atoms with E-state index in [-0.39, 0.29) is 0 Å². The van der Waals surface area contributed by atoms with Crippen molar-refractivity contribution in [1.29, 1.82) is 5.26 Å². The molecule has 25 heavy (non-hydrogen) atoms. The molecule has 1 aliphatic heterocycles. The molecule has 3 heterocycles. The number of nitriles is 1. The number of rotatable bonds is 3. The van der Waals surface area contributed by atoms with Crippen LogP contribution in [0, 0.1) is 11.3 Å². The van der Waals surface area contributed by atoms with E-state index in [4.69, 9.17) is 0 Å². The Bertz CT molecular complexity index is 932. The van der Waals surface area contributed by atoms with Gasteiger partial charge in [-0.2, -0.15) is 5.26 Å². The molecule has 7 heteroatoms. The van der Waals surface area contributed by atoms with Crippen LogP contribution in [0.15, 0.2) is 42.9 Å². The van der Waals surface area contributed by atoms with Gasteiger partial charge in [-0.05, 0) is 18.9 Å². The fourth-order valence-electron chi connectivity index (χ4n) is 3.60. The number of β-amino-alcohol motifs (C(OH)–C–C–N with tert-alkyl or cyclic N) is 1. The molecule has 1 aliphatic rings. The zero-order valence-corrected chi connectivity index (χ0v) is 13.7. The lowest BCUT2D eigenvalue weighted by atomic mass is 9.91. The maximum absolute atomic E-state index is 11.1. The van der Waals surface area contributed by atoms with Crippen molar-refractivity contribution in [1.82, 2.24) is 20.0 Å². The normalized spacial score (nSPS) is 20.6. The number of aromatic nitrogens is 4. The van der Waals surface area contributed by atoms with Crippen LogP contribution in [0.1, 0.15) is 18.4 Å². The van der Waals surface area contributed by atoms with E-state index in [2.05, 4.69) is 26.3 Å². The van der Waals surface area contributed by atoms with Crippen LogP contribution in [0.5, 0.6) is 0 Å². The molecule has 1 aromatic carbocycles. The monoisotopic (exact) mass is 334 g/mol. The van der Waals surface area contributed by atoms with E-state index in [0.717, 1.165) is 29.6 Å². The number of nitrogens with zero attached hydrogens (tertiary/aromatic N) is 6.